The number of carbonyl (C=O) groups is 2. The quantitative estimate of drug-likeness (QED) is 0.844. The van der Waals surface area contributed by atoms with Gasteiger partial charge in [-0.15, -0.1) is 0 Å². The van der Waals surface area contributed by atoms with Crippen LogP contribution in [0.3, 0.4) is 0 Å². The first-order valence-corrected chi connectivity index (χ1v) is 9.27. The third kappa shape index (κ3) is 5.87. The second kappa shape index (κ2) is 8.03. The highest BCUT2D eigenvalue weighted by molar-refractivity contribution is 5.80. The summed E-state index contributed by atoms with van der Waals surface area (Å²) in [6, 6.07) is 6.24. The topological polar surface area (TPSA) is 40.6 Å². The molecule has 0 saturated carbocycles. The lowest BCUT2D eigenvalue weighted by molar-refractivity contribution is -0.134. The Labute approximate surface area is 152 Å². The maximum absolute atomic E-state index is 12.7. The fourth-order valence-corrected chi connectivity index (χ4v) is 3.30. The lowest BCUT2D eigenvalue weighted by Crippen LogP contribution is -2.38. The number of nitrogens with zero attached hydrogens (tertiary/aromatic N) is 2. The van der Waals surface area contributed by atoms with E-state index in [0.717, 1.165) is 25.1 Å². The summed E-state index contributed by atoms with van der Waals surface area (Å²) in [5.74, 6) is 0.369. The molecule has 1 saturated heterocycles. The van der Waals surface area contributed by atoms with Gasteiger partial charge in [0.15, 0.2) is 0 Å². The van der Waals surface area contributed by atoms with Crippen LogP contribution >= 0.6 is 0 Å². The molecule has 4 heteroatoms. The van der Waals surface area contributed by atoms with E-state index in [1.54, 1.807) is 0 Å². The number of benzene rings is 1. The summed E-state index contributed by atoms with van der Waals surface area (Å²) in [5, 5.41) is 0. The van der Waals surface area contributed by atoms with E-state index in [-0.39, 0.29) is 17.2 Å². The third-order valence-corrected chi connectivity index (χ3v) is 4.72. The van der Waals surface area contributed by atoms with Gasteiger partial charge in [-0.25, -0.2) is 0 Å². The van der Waals surface area contributed by atoms with Crippen LogP contribution in [0.5, 0.6) is 0 Å². The first-order valence-electron chi connectivity index (χ1n) is 9.27. The molecular formula is C21H32N2O2. The molecule has 2 rings (SSSR count). The van der Waals surface area contributed by atoms with Crippen LogP contribution in [0, 0.1) is 19.3 Å². The molecule has 0 atom stereocenters. The van der Waals surface area contributed by atoms with Crippen LogP contribution in [0.15, 0.2) is 18.2 Å². The molecule has 0 unspecified atom stereocenters. The minimum Gasteiger partial charge on any atom is -0.341 e. The molecule has 138 valence electrons. The predicted octanol–water partition coefficient (Wildman–Crippen LogP) is 3.34. The number of rotatable bonds is 3. The van der Waals surface area contributed by atoms with Gasteiger partial charge in [-0.1, -0.05) is 44.5 Å². The molecule has 0 radical (unpaired) electrons. The molecule has 1 aliphatic rings. The van der Waals surface area contributed by atoms with E-state index in [0.29, 0.717) is 25.9 Å². The molecule has 0 bridgehead atoms. The normalized spacial score (nSPS) is 15.9. The van der Waals surface area contributed by atoms with Crippen molar-refractivity contribution in [1.29, 1.82) is 0 Å². The van der Waals surface area contributed by atoms with Crippen molar-refractivity contribution in [2.24, 2.45) is 5.41 Å². The third-order valence-electron chi connectivity index (χ3n) is 4.72. The molecule has 2 amide bonds. The highest BCUT2D eigenvalue weighted by Gasteiger charge is 2.25. The smallest absolute Gasteiger partial charge is 0.227 e. The van der Waals surface area contributed by atoms with Gasteiger partial charge in [0.25, 0.3) is 0 Å². The Morgan fingerprint density at radius 2 is 1.56 bits per heavy atom. The van der Waals surface area contributed by atoms with Gasteiger partial charge in [0.1, 0.15) is 0 Å². The summed E-state index contributed by atoms with van der Waals surface area (Å²) in [5.41, 5.74) is 3.49. The summed E-state index contributed by atoms with van der Waals surface area (Å²) in [4.78, 5) is 29.0. The van der Waals surface area contributed by atoms with Gasteiger partial charge in [-0.05, 0) is 36.8 Å². The van der Waals surface area contributed by atoms with E-state index in [4.69, 9.17) is 0 Å². The molecule has 1 fully saturated rings. The van der Waals surface area contributed by atoms with Gasteiger partial charge in [-0.2, -0.15) is 0 Å². The molecule has 0 N–H and O–H groups in total. The van der Waals surface area contributed by atoms with Crippen LogP contribution in [0.2, 0.25) is 0 Å². The lowest BCUT2D eigenvalue weighted by atomic mass is 9.91. The van der Waals surface area contributed by atoms with Crippen molar-refractivity contribution in [3.63, 3.8) is 0 Å². The van der Waals surface area contributed by atoms with Crippen LogP contribution in [0.25, 0.3) is 0 Å². The zero-order valence-corrected chi connectivity index (χ0v) is 16.4. The second-order valence-corrected chi connectivity index (χ2v) is 8.46. The van der Waals surface area contributed by atoms with Gasteiger partial charge < -0.3 is 9.80 Å². The zero-order chi connectivity index (χ0) is 18.6. The Morgan fingerprint density at radius 3 is 2.12 bits per heavy atom. The van der Waals surface area contributed by atoms with E-state index in [1.165, 1.54) is 11.1 Å². The molecule has 1 aliphatic heterocycles. The highest BCUT2D eigenvalue weighted by Crippen LogP contribution is 2.20. The SMILES string of the molecule is Cc1ccc(CC(=O)N2CCCN(C(=O)CC(C)(C)C)CC2)c(C)c1. The molecule has 1 heterocycles. The molecule has 0 aliphatic carbocycles. The van der Waals surface area contributed by atoms with Crippen molar-refractivity contribution in [2.45, 2.75) is 53.9 Å². The Kier molecular flexibility index (Phi) is 6.26. The summed E-state index contributed by atoms with van der Waals surface area (Å²) >= 11 is 0. The van der Waals surface area contributed by atoms with E-state index in [1.807, 2.05) is 9.80 Å². The van der Waals surface area contributed by atoms with Crippen LogP contribution in [0.4, 0.5) is 0 Å². The Hall–Kier alpha value is -1.84. The molecule has 0 aromatic heterocycles. The molecule has 1 aromatic rings. The van der Waals surface area contributed by atoms with Crippen LogP contribution in [-0.2, 0) is 16.0 Å². The van der Waals surface area contributed by atoms with Gasteiger partial charge in [-0.3, -0.25) is 9.59 Å². The van der Waals surface area contributed by atoms with Crippen LogP contribution in [0.1, 0.15) is 50.3 Å². The van der Waals surface area contributed by atoms with E-state index >= 15 is 0 Å². The molecule has 25 heavy (non-hydrogen) atoms. The summed E-state index contributed by atoms with van der Waals surface area (Å²) in [7, 11) is 0. The molecular weight excluding hydrogens is 312 g/mol. The predicted molar refractivity (Wildman–Crippen MR) is 101 cm³/mol. The van der Waals surface area contributed by atoms with Crippen molar-refractivity contribution >= 4 is 11.8 Å². The Balaban J connectivity index is 1.93. The van der Waals surface area contributed by atoms with Crippen molar-refractivity contribution in [3.8, 4) is 0 Å². The average Bonchev–Trinajstić information content (AvgIpc) is 2.74. The van der Waals surface area contributed by atoms with E-state index in [2.05, 4.69) is 52.8 Å². The first kappa shape index (κ1) is 19.5. The summed E-state index contributed by atoms with van der Waals surface area (Å²) in [6.07, 6.45) is 1.86. The van der Waals surface area contributed by atoms with Crippen molar-refractivity contribution in [1.82, 2.24) is 9.80 Å². The standard InChI is InChI=1S/C21H32N2O2/c1-16-7-8-18(17(2)13-16)14-19(24)22-9-6-10-23(12-11-22)20(25)15-21(3,4)5/h7-8,13H,6,9-12,14-15H2,1-5H3. The van der Waals surface area contributed by atoms with E-state index < -0.39 is 0 Å². The number of amides is 2. The zero-order valence-electron chi connectivity index (χ0n) is 16.4. The van der Waals surface area contributed by atoms with Crippen molar-refractivity contribution in [3.05, 3.63) is 34.9 Å². The lowest BCUT2D eigenvalue weighted by Gasteiger charge is -2.26. The van der Waals surface area contributed by atoms with Crippen molar-refractivity contribution in [2.75, 3.05) is 26.2 Å². The summed E-state index contributed by atoms with van der Waals surface area (Å²) in [6.45, 7) is 13.2. The average molecular weight is 344 g/mol. The Morgan fingerprint density at radius 1 is 0.960 bits per heavy atom. The van der Waals surface area contributed by atoms with Gasteiger partial charge in [0.05, 0.1) is 6.42 Å². The van der Waals surface area contributed by atoms with Crippen molar-refractivity contribution < 1.29 is 9.59 Å². The monoisotopic (exact) mass is 344 g/mol. The number of hydrogen-bond donors (Lipinski definition) is 0. The Bertz CT molecular complexity index is 631. The molecule has 0 spiro atoms. The fourth-order valence-electron chi connectivity index (χ4n) is 3.30. The molecule has 4 nitrogen and oxygen atoms in total. The number of carbonyl (C=O) groups excluding carboxylic acids is 2. The minimum absolute atomic E-state index is 0.00185. The highest BCUT2D eigenvalue weighted by atomic mass is 16.2. The maximum Gasteiger partial charge on any atom is 0.227 e. The first-order chi connectivity index (χ1) is 11.7. The number of hydrogen-bond acceptors (Lipinski definition) is 2. The minimum atomic E-state index is 0.00185. The van der Waals surface area contributed by atoms with Gasteiger partial charge in [0.2, 0.25) is 11.8 Å². The second-order valence-electron chi connectivity index (χ2n) is 8.46. The number of aryl methyl sites for hydroxylation is 2. The van der Waals surface area contributed by atoms with E-state index in [9.17, 15) is 9.59 Å². The maximum atomic E-state index is 12.7. The largest absolute Gasteiger partial charge is 0.341 e. The van der Waals surface area contributed by atoms with Gasteiger partial charge >= 0.3 is 0 Å². The summed E-state index contributed by atoms with van der Waals surface area (Å²) < 4.78 is 0. The van der Waals surface area contributed by atoms with Crippen LogP contribution in [-0.4, -0.2) is 47.8 Å². The van der Waals surface area contributed by atoms with Crippen LogP contribution < -0.4 is 0 Å². The molecule has 1 aromatic carbocycles. The fraction of sp³-hybridized carbons (Fsp3) is 0.619. The van der Waals surface area contributed by atoms with Gasteiger partial charge in [0, 0.05) is 32.6 Å².